The first-order chi connectivity index (χ1) is 14.2. The summed E-state index contributed by atoms with van der Waals surface area (Å²) in [5, 5.41) is 8.99. The number of ether oxygens (including phenoxy) is 2. The van der Waals surface area contributed by atoms with E-state index in [0.717, 1.165) is 25.9 Å². The average Bonchev–Trinajstić information content (AvgIpc) is 3.40. The highest BCUT2D eigenvalue weighted by Gasteiger charge is 2.40. The van der Waals surface area contributed by atoms with Gasteiger partial charge in [-0.2, -0.15) is 0 Å². The molecule has 2 N–H and O–H groups in total. The van der Waals surface area contributed by atoms with Gasteiger partial charge in [-0.05, 0) is 49.2 Å². The first-order valence-corrected chi connectivity index (χ1v) is 11.3. The molecule has 2 fully saturated rings. The summed E-state index contributed by atoms with van der Waals surface area (Å²) in [6.45, 7) is 8.54. The maximum atomic E-state index is 13.0. The molecule has 2 unspecified atom stereocenters. The Kier molecular flexibility index (Phi) is 7.49. The lowest BCUT2D eigenvalue weighted by atomic mass is 9.87. The first-order valence-electron chi connectivity index (χ1n) is 10.4. The lowest BCUT2D eigenvalue weighted by Crippen LogP contribution is -2.55. The molecule has 0 bridgehead atoms. The molecule has 8 nitrogen and oxygen atoms in total. The molecule has 1 aromatic heterocycles. The van der Waals surface area contributed by atoms with Crippen LogP contribution in [0.4, 0.5) is 4.79 Å². The summed E-state index contributed by atoms with van der Waals surface area (Å²) in [5.74, 6) is -0.108. The molecule has 0 spiro atoms. The van der Waals surface area contributed by atoms with Gasteiger partial charge in [-0.15, -0.1) is 11.3 Å². The molecule has 3 rings (SSSR count). The zero-order chi connectivity index (χ0) is 21.7. The third kappa shape index (κ3) is 6.52. The highest BCUT2D eigenvalue weighted by molar-refractivity contribution is 7.08. The third-order valence-electron chi connectivity index (χ3n) is 5.22. The number of hydrogen-bond donors (Lipinski definition) is 2. The second-order valence-corrected chi connectivity index (χ2v) is 9.90. The molecule has 0 aliphatic carbocycles. The zero-order valence-electron chi connectivity index (χ0n) is 17.8. The van der Waals surface area contributed by atoms with Crippen LogP contribution in [0.2, 0.25) is 0 Å². The second kappa shape index (κ2) is 9.89. The van der Waals surface area contributed by atoms with Crippen LogP contribution in [0.5, 0.6) is 5.75 Å². The summed E-state index contributed by atoms with van der Waals surface area (Å²) >= 11 is 1.41. The number of carbonyl (C=O) groups excluding carboxylic acids is 3. The van der Waals surface area contributed by atoms with Crippen LogP contribution in [0.25, 0.3) is 0 Å². The number of hydrogen-bond acceptors (Lipinski definition) is 7. The molecule has 0 radical (unpaired) electrons. The Labute approximate surface area is 181 Å². The SMILES string of the molecule is CC(C)(C)C[C@H](NC(=O)Oc1ccsc1)C(=O)NC1C(=O)COC1CN1CCCC1. The monoisotopic (exact) mass is 437 g/mol. The number of ketones is 1. The fourth-order valence-corrected chi connectivity index (χ4v) is 4.35. The van der Waals surface area contributed by atoms with Crippen molar-refractivity contribution in [2.45, 2.75) is 58.2 Å². The Morgan fingerprint density at radius 2 is 2.07 bits per heavy atom. The lowest BCUT2D eigenvalue weighted by Gasteiger charge is -2.28. The smallest absolute Gasteiger partial charge is 0.409 e. The Morgan fingerprint density at radius 3 is 2.70 bits per heavy atom. The Hall–Kier alpha value is -1.97. The van der Waals surface area contributed by atoms with Gasteiger partial charge in [-0.3, -0.25) is 9.59 Å². The van der Waals surface area contributed by atoms with Gasteiger partial charge in [0.25, 0.3) is 0 Å². The van der Waals surface area contributed by atoms with Crippen molar-refractivity contribution < 1.29 is 23.9 Å². The molecule has 3 atom stereocenters. The van der Waals surface area contributed by atoms with Gasteiger partial charge >= 0.3 is 6.09 Å². The molecule has 2 aliphatic rings. The molecule has 0 aromatic carbocycles. The number of nitrogens with one attached hydrogen (secondary N) is 2. The fraction of sp³-hybridized carbons (Fsp3) is 0.667. The van der Waals surface area contributed by atoms with Crippen LogP contribution in [-0.2, 0) is 14.3 Å². The minimum Gasteiger partial charge on any atom is -0.409 e. The van der Waals surface area contributed by atoms with Crippen molar-refractivity contribution in [3.8, 4) is 5.75 Å². The highest BCUT2D eigenvalue weighted by Crippen LogP contribution is 2.22. The maximum Gasteiger partial charge on any atom is 0.413 e. The summed E-state index contributed by atoms with van der Waals surface area (Å²) in [6, 6.07) is 0.160. The number of carbonyl (C=O) groups is 3. The van der Waals surface area contributed by atoms with Crippen molar-refractivity contribution in [1.29, 1.82) is 0 Å². The predicted octanol–water partition coefficient (Wildman–Crippen LogP) is 2.19. The van der Waals surface area contributed by atoms with Gasteiger partial charge < -0.3 is 25.0 Å². The Morgan fingerprint density at radius 1 is 1.33 bits per heavy atom. The molecular formula is C21H31N3O5S. The van der Waals surface area contributed by atoms with Crippen molar-refractivity contribution in [3.63, 3.8) is 0 Å². The number of likely N-dealkylation sites (tertiary alicyclic amines) is 1. The largest absolute Gasteiger partial charge is 0.413 e. The van der Waals surface area contributed by atoms with Gasteiger partial charge in [-0.1, -0.05) is 20.8 Å². The summed E-state index contributed by atoms with van der Waals surface area (Å²) in [7, 11) is 0. The first kappa shape index (κ1) is 22.7. The minimum atomic E-state index is -0.822. The van der Waals surface area contributed by atoms with Crippen LogP contribution in [0, 0.1) is 5.41 Å². The Bertz CT molecular complexity index is 740. The van der Waals surface area contributed by atoms with Gasteiger partial charge in [0.1, 0.15) is 24.4 Å². The molecule has 2 saturated heterocycles. The number of amides is 2. The average molecular weight is 438 g/mol. The van der Waals surface area contributed by atoms with E-state index in [1.54, 1.807) is 16.8 Å². The quantitative estimate of drug-likeness (QED) is 0.679. The lowest BCUT2D eigenvalue weighted by molar-refractivity contribution is -0.128. The van der Waals surface area contributed by atoms with Crippen LogP contribution < -0.4 is 15.4 Å². The van der Waals surface area contributed by atoms with Crippen molar-refractivity contribution in [1.82, 2.24) is 15.5 Å². The van der Waals surface area contributed by atoms with Gasteiger partial charge in [0.15, 0.2) is 5.78 Å². The number of nitrogens with zero attached hydrogens (tertiary/aromatic N) is 1. The maximum absolute atomic E-state index is 13.0. The molecule has 9 heteroatoms. The predicted molar refractivity (Wildman–Crippen MR) is 114 cm³/mol. The molecule has 2 aliphatic heterocycles. The van der Waals surface area contributed by atoms with Crippen LogP contribution in [-0.4, -0.2) is 67.1 Å². The normalized spacial score (nSPS) is 23.4. The van der Waals surface area contributed by atoms with Crippen molar-refractivity contribution >= 4 is 29.1 Å². The minimum absolute atomic E-state index is 0.00101. The Balaban J connectivity index is 1.63. The number of thiophene rings is 1. The van der Waals surface area contributed by atoms with Crippen LogP contribution in [0.1, 0.15) is 40.0 Å². The van der Waals surface area contributed by atoms with E-state index in [-0.39, 0.29) is 23.9 Å². The van der Waals surface area contributed by atoms with Crippen molar-refractivity contribution in [2.75, 3.05) is 26.2 Å². The molecule has 166 valence electrons. The van der Waals surface area contributed by atoms with E-state index in [0.29, 0.717) is 18.7 Å². The van der Waals surface area contributed by atoms with Crippen molar-refractivity contribution in [2.24, 2.45) is 5.41 Å². The summed E-state index contributed by atoms with van der Waals surface area (Å²) in [6.07, 6.45) is 1.62. The third-order valence-corrected chi connectivity index (χ3v) is 5.89. The van der Waals surface area contributed by atoms with E-state index in [9.17, 15) is 14.4 Å². The van der Waals surface area contributed by atoms with Gasteiger partial charge in [0, 0.05) is 11.9 Å². The van der Waals surface area contributed by atoms with Gasteiger partial charge in [-0.25, -0.2) is 4.79 Å². The van der Waals surface area contributed by atoms with Gasteiger partial charge in [0.05, 0.1) is 6.10 Å². The van der Waals surface area contributed by atoms with E-state index in [2.05, 4.69) is 15.5 Å². The van der Waals surface area contributed by atoms with Gasteiger partial charge in [0.2, 0.25) is 5.91 Å². The summed E-state index contributed by atoms with van der Waals surface area (Å²) in [5.41, 5.74) is -0.219. The number of Topliss-reactive ketones (excluding diaryl/α,β-unsaturated/α-hetero) is 1. The number of rotatable bonds is 7. The highest BCUT2D eigenvalue weighted by atomic mass is 32.1. The molecule has 30 heavy (non-hydrogen) atoms. The molecule has 2 amide bonds. The van der Waals surface area contributed by atoms with E-state index in [1.165, 1.54) is 11.3 Å². The molecular weight excluding hydrogens is 406 g/mol. The van der Waals surface area contributed by atoms with E-state index < -0.39 is 24.1 Å². The van der Waals surface area contributed by atoms with E-state index in [4.69, 9.17) is 9.47 Å². The summed E-state index contributed by atoms with van der Waals surface area (Å²) in [4.78, 5) is 40.0. The topological polar surface area (TPSA) is 97.0 Å². The molecule has 0 saturated carbocycles. The van der Waals surface area contributed by atoms with Crippen LogP contribution in [0.3, 0.4) is 0 Å². The van der Waals surface area contributed by atoms with E-state index >= 15 is 0 Å². The van der Waals surface area contributed by atoms with Crippen molar-refractivity contribution in [3.05, 3.63) is 16.8 Å². The van der Waals surface area contributed by atoms with Crippen LogP contribution in [0.15, 0.2) is 16.8 Å². The van der Waals surface area contributed by atoms with E-state index in [1.807, 2.05) is 20.8 Å². The zero-order valence-corrected chi connectivity index (χ0v) is 18.6. The molecule has 1 aromatic rings. The molecule has 3 heterocycles. The fourth-order valence-electron chi connectivity index (χ4n) is 3.80. The summed E-state index contributed by atoms with van der Waals surface area (Å²) < 4.78 is 10.9. The standard InChI is InChI=1S/C21H31N3O5S/c1-21(2,3)10-15(22-20(27)29-14-6-9-30-13-14)19(26)23-18-16(25)12-28-17(18)11-24-7-4-5-8-24/h6,9,13,15,17-18H,4-5,7-8,10-12H2,1-3H3,(H,22,27)(H,23,26)/t15-,17?,18?/m0/s1. The van der Waals surface area contributed by atoms with Crippen LogP contribution >= 0.6 is 11.3 Å². The second-order valence-electron chi connectivity index (χ2n) is 9.12.